The van der Waals surface area contributed by atoms with Crippen LogP contribution < -0.4 is 16.0 Å². The highest BCUT2D eigenvalue weighted by Crippen LogP contribution is 2.44. The Morgan fingerprint density at radius 1 is 1.21 bits per heavy atom. The van der Waals surface area contributed by atoms with Gasteiger partial charge in [0.15, 0.2) is 0 Å². The number of rotatable bonds is 7. The highest BCUT2D eigenvalue weighted by Gasteiger charge is 2.35. The molecule has 0 aromatic heterocycles. The molecule has 3 rings (SSSR count). The van der Waals surface area contributed by atoms with Crippen LogP contribution in [0.4, 0.5) is 25.8 Å². The number of nitrogens with two attached hydrogens (primary N) is 1. The lowest BCUT2D eigenvalue weighted by molar-refractivity contribution is -0.144. The molecule has 2 aromatic rings. The van der Waals surface area contributed by atoms with E-state index in [9.17, 15) is 18.4 Å². The second-order valence-corrected chi connectivity index (χ2v) is 9.07. The largest absolute Gasteiger partial charge is 0.466 e. The first-order valence-corrected chi connectivity index (χ1v) is 11.7. The predicted molar refractivity (Wildman–Crippen MR) is 131 cm³/mol. The van der Waals surface area contributed by atoms with Crippen LogP contribution in [0.3, 0.4) is 0 Å². The predicted octanol–water partition coefficient (Wildman–Crippen LogP) is 5.80. The summed E-state index contributed by atoms with van der Waals surface area (Å²) in [7, 11) is 0. The Balaban J connectivity index is 1.86. The van der Waals surface area contributed by atoms with Gasteiger partial charge in [-0.1, -0.05) is 53.0 Å². The van der Waals surface area contributed by atoms with Gasteiger partial charge in [0.05, 0.1) is 46.1 Å². The number of alkyl halides is 2. The fraction of sp³-hybridized carbons (Fsp3) is 0.417. The number of aryl methyl sites for hydroxylation is 1. The van der Waals surface area contributed by atoms with Crippen molar-refractivity contribution in [3.63, 3.8) is 0 Å². The highest BCUT2D eigenvalue weighted by molar-refractivity contribution is 6.41. The number of carbonyl (C=O) groups is 2. The van der Waals surface area contributed by atoms with E-state index in [1.165, 1.54) is 6.07 Å². The SMILES string of the molecule is CCOC(=O)CC(C(=O)Nc1cc(Cl)c(N2CCC(F)(F)CC2)c(Cl)c1N)c1ccc(C)cc1. The first-order chi connectivity index (χ1) is 16.0. The summed E-state index contributed by atoms with van der Waals surface area (Å²) in [4.78, 5) is 27.0. The summed E-state index contributed by atoms with van der Waals surface area (Å²) in [5.41, 5.74) is 8.43. The van der Waals surface area contributed by atoms with Crippen LogP contribution in [0.2, 0.25) is 10.0 Å². The second-order valence-electron chi connectivity index (χ2n) is 8.29. The minimum atomic E-state index is -2.72. The number of amides is 1. The van der Waals surface area contributed by atoms with Crippen LogP contribution in [0.25, 0.3) is 0 Å². The van der Waals surface area contributed by atoms with Gasteiger partial charge in [0.2, 0.25) is 5.91 Å². The van der Waals surface area contributed by atoms with Crippen molar-refractivity contribution in [3.05, 3.63) is 51.5 Å². The van der Waals surface area contributed by atoms with E-state index in [-0.39, 0.29) is 60.4 Å². The quantitative estimate of drug-likeness (QED) is 0.361. The second kappa shape index (κ2) is 10.8. The number of ether oxygens (including phenoxy) is 1. The van der Waals surface area contributed by atoms with Gasteiger partial charge < -0.3 is 20.7 Å². The third kappa shape index (κ3) is 6.10. The van der Waals surface area contributed by atoms with Crippen molar-refractivity contribution < 1.29 is 23.1 Å². The number of nitrogens with zero attached hydrogens (tertiary/aromatic N) is 1. The molecule has 3 N–H and O–H groups in total. The van der Waals surface area contributed by atoms with Crippen LogP contribution >= 0.6 is 23.2 Å². The molecular formula is C24H27Cl2F2N3O3. The number of esters is 1. The number of benzene rings is 2. The molecule has 1 amide bonds. The van der Waals surface area contributed by atoms with Gasteiger partial charge in [-0.3, -0.25) is 9.59 Å². The molecule has 1 aliphatic rings. The monoisotopic (exact) mass is 513 g/mol. The van der Waals surface area contributed by atoms with E-state index in [1.54, 1.807) is 24.0 Å². The Morgan fingerprint density at radius 3 is 2.41 bits per heavy atom. The molecule has 1 saturated heterocycles. The molecule has 1 heterocycles. The van der Waals surface area contributed by atoms with Crippen molar-refractivity contribution in [3.8, 4) is 0 Å². The van der Waals surface area contributed by atoms with E-state index in [1.807, 2.05) is 19.1 Å². The fourth-order valence-corrected chi connectivity index (χ4v) is 4.54. The summed E-state index contributed by atoms with van der Waals surface area (Å²) in [6, 6.07) is 8.69. The summed E-state index contributed by atoms with van der Waals surface area (Å²) in [6.07, 6.45) is -0.793. The standard InChI is InChI=1S/C24H27Cl2F2N3O3/c1-3-34-19(32)12-16(15-6-4-14(2)5-7-15)23(33)30-18-13-17(25)22(20(26)21(18)29)31-10-8-24(27,28)9-11-31/h4-7,13,16H,3,8-12,29H2,1-2H3,(H,30,33). The lowest BCUT2D eigenvalue weighted by Crippen LogP contribution is -2.39. The molecule has 2 aromatic carbocycles. The smallest absolute Gasteiger partial charge is 0.306 e. The van der Waals surface area contributed by atoms with E-state index >= 15 is 0 Å². The molecular weight excluding hydrogens is 487 g/mol. The molecule has 34 heavy (non-hydrogen) atoms. The Labute approximate surface area is 207 Å². The van der Waals surface area contributed by atoms with Crippen LogP contribution in [-0.2, 0) is 14.3 Å². The Bertz CT molecular complexity index is 1050. The van der Waals surface area contributed by atoms with Gasteiger partial charge in [-0.15, -0.1) is 0 Å². The molecule has 1 unspecified atom stereocenters. The minimum absolute atomic E-state index is 0.0607. The van der Waals surface area contributed by atoms with Crippen molar-refractivity contribution in [2.75, 3.05) is 35.6 Å². The summed E-state index contributed by atoms with van der Waals surface area (Å²) in [5, 5.41) is 2.97. The molecule has 0 spiro atoms. The van der Waals surface area contributed by atoms with E-state index < -0.39 is 23.7 Å². The van der Waals surface area contributed by atoms with Gasteiger partial charge in [0.25, 0.3) is 5.92 Å². The van der Waals surface area contributed by atoms with Crippen LogP contribution in [0.1, 0.15) is 43.2 Å². The minimum Gasteiger partial charge on any atom is -0.466 e. The molecule has 0 radical (unpaired) electrons. The van der Waals surface area contributed by atoms with E-state index in [0.29, 0.717) is 11.3 Å². The summed E-state index contributed by atoms with van der Waals surface area (Å²) in [5.74, 6) is -4.55. The normalized spacial score (nSPS) is 16.1. The number of hydrogen-bond acceptors (Lipinski definition) is 5. The Kier molecular flexibility index (Phi) is 8.25. The summed E-state index contributed by atoms with van der Waals surface area (Å²) in [6.45, 7) is 3.96. The van der Waals surface area contributed by atoms with Crippen LogP contribution in [0, 0.1) is 6.92 Å². The van der Waals surface area contributed by atoms with Gasteiger partial charge in [-0.05, 0) is 25.5 Å². The molecule has 0 bridgehead atoms. The average Bonchev–Trinajstić information content (AvgIpc) is 2.77. The van der Waals surface area contributed by atoms with Crippen molar-refractivity contribution >= 4 is 52.1 Å². The van der Waals surface area contributed by atoms with Crippen molar-refractivity contribution in [2.45, 2.75) is 45.0 Å². The topological polar surface area (TPSA) is 84.7 Å². The lowest BCUT2D eigenvalue weighted by atomic mass is 9.94. The summed E-state index contributed by atoms with van der Waals surface area (Å²) >= 11 is 12.9. The highest BCUT2D eigenvalue weighted by atomic mass is 35.5. The third-order valence-electron chi connectivity index (χ3n) is 5.77. The van der Waals surface area contributed by atoms with Crippen molar-refractivity contribution in [1.82, 2.24) is 0 Å². The first kappa shape index (κ1) is 26.0. The fourth-order valence-electron chi connectivity index (χ4n) is 3.84. The number of carbonyl (C=O) groups excluding carboxylic acids is 2. The Hall–Kier alpha value is -2.58. The molecule has 1 aliphatic heterocycles. The lowest BCUT2D eigenvalue weighted by Gasteiger charge is -2.34. The van der Waals surface area contributed by atoms with Crippen LogP contribution in [-0.4, -0.2) is 37.5 Å². The van der Waals surface area contributed by atoms with Gasteiger partial charge in [0, 0.05) is 25.9 Å². The number of anilines is 3. The number of halogens is 4. The van der Waals surface area contributed by atoms with E-state index in [2.05, 4.69) is 5.32 Å². The zero-order valence-electron chi connectivity index (χ0n) is 19.0. The number of nitrogen functional groups attached to an aromatic ring is 1. The zero-order valence-corrected chi connectivity index (χ0v) is 20.5. The Morgan fingerprint density at radius 2 is 1.82 bits per heavy atom. The first-order valence-electron chi connectivity index (χ1n) is 11.0. The molecule has 184 valence electrons. The number of nitrogens with one attached hydrogen (secondary N) is 1. The molecule has 6 nitrogen and oxygen atoms in total. The van der Waals surface area contributed by atoms with Gasteiger partial charge in [-0.25, -0.2) is 8.78 Å². The molecule has 1 atom stereocenters. The van der Waals surface area contributed by atoms with E-state index in [4.69, 9.17) is 33.7 Å². The molecule has 1 fully saturated rings. The van der Waals surface area contributed by atoms with Gasteiger partial charge >= 0.3 is 5.97 Å². The summed E-state index contributed by atoms with van der Waals surface area (Å²) < 4.78 is 32.2. The number of piperidine rings is 1. The average molecular weight is 514 g/mol. The maximum Gasteiger partial charge on any atom is 0.306 e. The molecule has 0 saturated carbocycles. The van der Waals surface area contributed by atoms with Crippen LogP contribution in [0.5, 0.6) is 0 Å². The van der Waals surface area contributed by atoms with Gasteiger partial charge in [-0.2, -0.15) is 0 Å². The van der Waals surface area contributed by atoms with Crippen molar-refractivity contribution in [1.29, 1.82) is 0 Å². The third-order valence-corrected chi connectivity index (χ3v) is 6.44. The van der Waals surface area contributed by atoms with E-state index in [0.717, 1.165) is 5.56 Å². The molecule has 0 aliphatic carbocycles. The molecule has 10 heteroatoms. The number of hydrogen-bond donors (Lipinski definition) is 2. The van der Waals surface area contributed by atoms with Gasteiger partial charge in [0.1, 0.15) is 0 Å². The van der Waals surface area contributed by atoms with Crippen LogP contribution in [0.15, 0.2) is 30.3 Å². The zero-order chi connectivity index (χ0) is 25.0. The maximum absolute atomic E-state index is 13.6. The van der Waals surface area contributed by atoms with Crippen molar-refractivity contribution in [2.24, 2.45) is 0 Å². The maximum atomic E-state index is 13.6.